The number of rotatable bonds is 5. The molecule has 110 valence electrons. The third-order valence-corrected chi connectivity index (χ3v) is 3.53. The van der Waals surface area contributed by atoms with Gasteiger partial charge in [0.05, 0.1) is 25.7 Å². The molecule has 7 nitrogen and oxygen atoms in total. The molecule has 1 saturated heterocycles. The van der Waals surface area contributed by atoms with Crippen molar-refractivity contribution in [2.24, 2.45) is 5.92 Å². The molecule has 1 rings (SSSR count). The van der Waals surface area contributed by atoms with E-state index in [1.54, 1.807) is 4.90 Å². The van der Waals surface area contributed by atoms with E-state index in [-0.39, 0.29) is 17.7 Å². The molecule has 0 radical (unpaired) electrons. The predicted molar refractivity (Wildman–Crippen MR) is 67.1 cm³/mol. The van der Waals surface area contributed by atoms with E-state index >= 15 is 0 Å². The molecule has 19 heavy (non-hydrogen) atoms. The van der Waals surface area contributed by atoms with Gasteiger partial charge in [-0.1, -0.05) is 0 Å². The lowest BCUT2D eigenvalue weighted by molar-refractivity contribution is -0.135. The molecule has 0 aromatic heterocycles. The van der Waals surface area contributed by atoms with Crippen LogP contribution >= 0.6 is 0 Å². The van der Waals surface area contributed by atoms with Gasteiger partial charge >= 0.3 is 0 Å². The summed E-state index contributed by atoms with van der Waals surface area (Å²) in [6, 6.07) is 0. The van der Waals surface area contributed by atoms with E-state index in [4.69, 9.17) is 15.3 Å². The van der Waals surface area contributed by atoms with Crippen LogP contribution in [0.15, 0.2) is 0 Å². The second kappa shape index (κ2) is 6.83. The van der Waals surface area contributed by atoms with Crippen LogP contribution in [0.1, 0.15) is 19.8 Å². The minimum atomic E-state index is -1.41. The topological polar surface area (TPSA) is 110 Å². The molecule has 7 heteroatoms. The maximum atomic E-state index is 12.1. The van der Waals surface area contributed by atoms with E-state index in [0.29, 0.717) is 19.5 Å². The van der Waals surface area contributed by atoms with Crippen LogP contribution in [0, 0.1) is 5.92 Å². The molecule has 1 aliphatic rings. The molecule has 1 heterocycles. The van der Waals surface area contributed by atoms with Gasteiger partial charge in [0.25, 0.3) is 0 Å². The van der Waals surface area contributed by atoms with Gasteiger partial charge < -0.3 is 25.5 Å². The van der Waals surface area contributed by atoms with Gasteiger partial charge in [-0.2, -0.15) is 0 Å². The van der Waals surface area contributed by atoms with Crippen molar-refractivity contribution in [3.05, 3.63) is 0 Å². The number of aliphatic hydroxyl groups excluding tert-OH is 3. The minimum Gasteiger partial charge on any atom is -0.394 e. The molecule has 2 amide bonds. The first kappa shape index (κ1) is 15.9. The first-order valence-corrected chi connectivity index (χ1v) is 6.38. The van der Waals surface area contributed by atoms with Gasteiger partial charge in [0, 0.05) is 20.0 Å². The van der Waals surface area contributed by atoms with Crippen LogP contribution < -0.4 is 5.32 Å². The Hall–Kier alpha value is -1.18. The first-order chi connectivity index (χ1) is 8.98. The molecule has 0 bridgehead atoms. The van der Waals surface area contributed by atoms with E-state index in [2.05, 4.69) is 5.32 Å². The molecule has 0 aliphatic carbocycles. The fraction of sp³-hybridized carbons (Fsp3) is 0.833. The minimum absolute atomic E-state index is 0.0739. The van der Waals surface area contributed by atoms with Crippen LogP contribution in [-0.4, -0.2) is 70.5 Å². The van der Waals surface area contributed by atoms with Crippen LogP contribution in [0.25, 0.3) is 0 Å². The summed E-state index contributed by atoms with van der Waals surface area (Å²) >= 11 is 0. The Labute approximate surface area is 112 Å². The Kier molecular flexibility index (Phi) is 5.71. The van der Waals surface area contributed by atoms with Crippen molar-refractivity contribution in [2.45, 2.75) is 25.3 Å². The zero-order valence-corrected chi connectivity index (χ0v) is 11.1. The summed E-state index contributed by atoms with van der Waals surface area (Å²) in [7, 11) is 0. The van der Waals surface area contributed by atoms with Gasteiger partial charge in [0.15, 0.2) is 0 Å². The van der Waals surface area contributed by atoms with Crippen LogP contribution in [0.3, 0.4) is 0 Å². The van der Waals surface area contributed by atoms with Gasteiger partial charge in [-0.15, -0.1) is 0 Å². The third-order valence-electron chi connectivity index (χ3n) is 3.53. The van der Waals surface area contributed by atoms with Gasteiger partial charge in [-0.3, -0.25) is 9.59 Å². The largest absolute Gasteiger partial charge is 0.394 e. The Morgan fingerprint density at radius 2 is 1.84 bits per heavy atom. The first-order valence-electron chi connectivity index (χ1n) is 6.38. The lowest BCUT2D eigenvalue weighted by Crippen LogP contribution is -2.59. The van der Waals surface area contributed by atoms with Gasteiger partial charge in [-0.05, 0) is 12.8 Å². The summed E-state index contributed by atoms with van der Waals surface area (Å²) in [6.07, 6.45) is 1.38. The van der Waals surface area contributed by atoms with Gasteiger partial charge in [0.1, 0.15) is 5.54 Å². The van der Waals surface area contributed by atoms with Crippen LogP contribution in [0.2, 0.25) is 0 Å². The van der Waals surface area contributed by atoms with Crippen molar-refractivity contribution in [3.8, 4) is 0 Å². The molecule has 4 N–H and O–H groups in total. The smallest absolute Gasteiger partial charge is 0.225 e. The van der Waals surface area contributed by atoms with E-state index in [0.717, 1.165) is 6.42 Å². The Morgan fingerprint density at radius 1 is 1.26 bits per heavy atom. The summed E-state index contributed by atoms with van der Waals surface area (Å²) in [5.41, 5.74) is -1.41. The highest BCUT2D eigenvalue weighted by Gasteiger charge is 2.34. The van der Waals surface area contributed by atoms with E-state index in [1.807, 2.05) is 0 Å². The van der Waals surface area contributed by atoms with Crippen molar-refractivity contribution in [2.75, 3.05) is 32.9 Å². The number of nitrogens with one attached hydrogen (secondary N) is 1. The maximum Gasteiger partial charge on any atom is 0.225 e. The highest BCUT2D eigenvalue weighted by molar-refractivity contribution is 5.81. The Morgan fingerprint density at radius 3 is 2.32 bits per heavy atom. The molecule has 1 aliphatic heterocycles. The highest BCUT2D eigenvalue weighted by Crippen LogP contribution is 2.18. The number of carbonyl (C=O) groups excluding carboxylic acids is 2. The Balaban J connectivity index is 2.64. The van der Waals surface area contributed by atoms with Gasteiger partial charge in [0.2, 0.25) is 11.8 Å². The summed E-state index contributed by atoms with van der Waals surface area (Å²) in [5, 5.41) is 30.0. The predicted octanol–water partition coefficient (Wildman–Crippen LogP) is -1.92. The van der Waals surface area contributed by atoms with Crippen molar-refractivity contribution < 1.29 is 24.9 Å². The van der Waals surface area contributed by atoms with Crippen LogP contribution in [-0.2, 0) is 9.59 Å². The van der Waals surface area contributed by atoms with Crippen molar-refractivity contribution in [1.82, 2.24) is 10.2 Å². The molecule has 1 fully saturated rings. The number of piperidine rings is 1. The SMILES string of the molecule is CC(=O)N1CCCC(C(=O)NC(CO)(CO)CO)C1. The van der Waals surface area contributed by atoms with Crippen LogP contribution in [0.4, 0.5) is 0 Å². The van der Waals surface area contributed by atoms with Crippen molar-refractivity contribution in [3.63, 3.8) is 0 Å². The molecular formula is C12H22N2O5. The number of nitrogens with zero attached hydrogens (tertiary/aromatic N) is 1. The molecule has 0 spiro atoms. The van der Waals surface area contributed by atoms with Gasteiger partial charge in [-0.25, -0.2) is 0 Å². The standard InChI is InChI=1S/C12H22N2O5/c1-9(18)14-4-2-3-10(5-14)11(19)13-12(6-15,7-16)8-17/h10,15-17H,2-8H2,1H3,(H,13,19). The summed E-state index contributed by atoms with van der Waals surface area (Å²) in [6.45, 7) is 0.794. The summed E-state index contributed by atoms with van der Waals surface area (Å²) in [4.78, 5) is 25.0. The Bertz CT molecular complexity index is 322. The second-order valence-electron chi connectivity index (χ2n) is 5.05. The molecule has 0 saturated carbocycles. The molecule has 1 unspecified atom stereocenters. The monoisotopic (exact) mass is 274 g/mol. The number of amides is 2. The number of aliphatic hydroxyl groups is 3. The number of hydrogen-bond donors (Lipinski definition) is 4. The number of carbonyl (C=O) groups is 2. The molecule has 1 atom stereocenters. The normalized spacial score (nSPS) is 20.2. The number of hydrogen-bond acceptors (Lipinski definition) is 5. The fourth-order valence-electron chi connectivity index (χ4n) is 2.11. The zero-order chi connectivity index (χ0) is 14.5. The second-order valence-corrected chi connectivity index (χ2v) is 5.05. The lowest BCUT2D eigenvalue weighted by atomic mass is 9.94. The zero-order valence-electron chi connectivity index (χ0n) is 11.1. The van der Waals surface area contributed by atoms with Crippen molar-refractivity contribution >= 4 is 11.8 Å². The molecular weight excluding hydrogens is 252 g/mol. The third kappa shape index (κ3) is 3.89. The molecule has 0 aromatic carbocycles. The van der Waals surface area contributed by atoms with E-state index in [1.165, 1.54) is 6.92 Å². The van der Waals surface area contributed by atoms with Crippen molar-refractivity contribution in [1.29, 1.82) is 0 Å². The average Bonchev–Trinajstić information content (AvgIpc) is 2.45. The van der Waals surface area contributed by atoms with E-state index < -0.39 is 25.4 Å². The quantitative estimate of drug-likeness (QED) is 0.467. The lowest BCUT2D eigenvalue weighted by Gasteiger charge is -2.35. The highest BCUT2D eigenvalue weighted by atomic mass is 16.3. The molecule has 0 aromatic rings. The number of likely N-dealkylation sites (tertiary alicyclic amines) is 1. The summed E-state index contributed by atoms with van der Waals surface area (Å²) < 4.78 is 0. The fourth-order valence-corrected chi connectivity index (χ4v) is 2.11. The summed E-state index contributed by atoms with van der Waals surface area (Å²) in [5.74, 6) is -0.806. The maximum absolute atomic E-state index is 12.1. The average molecular weight is 274 g/mol. The van der Waals surface area contributed by atoms with E-state index in [9.17, 15) is 9.59 Å². The van der Waals surface area contributed by atoms with Crippen LogP contribution in [0.5, 0.6) is 0 Å².